The molecule has 0 saturated carbocycles. The van der Waals surface area contributed by atoms with Crippen molar-refractivity contribution in [1.82, 2.24) is 15.1 Å². The quantitative estimate of drug-likeness (QED) is 0.680. The molecular formula is C18H19N3O3S. The van der Waals surface area contributed by atoms with Gasteiger partial charge in [-0.15, -0.1) is 11.3 Å². The van der Waals surface area contributed by atoms with Crippen molar-refractivity contribution in [1.29, 1.82) is 0 Å². The fraction of sp³-hybridized carbons (Fsp3) is 0.278. The maximum Gasteiger partial charge on any atom is 0.231 e. The molecule has 2 aromatic heterocycles. The number of thiophene rings is 1. The number of H-pyrrole nitrogens is 1. The van der Waals surface area contributed by atoms with Gasteiger partial charge in [0, 0.05) is 35.6 Å². The standard InChI is InChI=1S/C18H19N3O3S/c22-6-5-21(11-15-2-1-7-25-15)10-14-9-19-20-18(14)13-3-4-16-17(8-13)24-12-23-16/h1-4,7-9,22H,5-6,10-12H2,(H,19,20). The molecule has 3 heterocycles. The Morgan fingerprint density at radius 3 is 2.96 bits per heavy atom. The second kappa shape index (κ2) is 7.26. The molecule has 130 valence electrons. The third kappa shape index (κ3) is 3.53. The molecule has 2 N–H and O–H groups in total. The molecule has 0 amide bonds. The minimum absolute atomic E-state index is 0.128. The lowest BCUT2D eigenvalue weighted by atomic mass is 10.1. The van der Waals surface area contributed by atoms with Crippen LogP contribution in [0.5, 0.6) is 11.5 Å². The molecule has 6 nitrogen and oxygen atoms in total. The van der Waals surface area contributed by atoms with E-state index in [9.17, 15) is 5.11 Å². The average molecular weight is 357 g/mol. The van der Waals surface area contributed by atoms with Crippen molar-refractivity contribution in [3.05, 3.63) is 52.3 Å². The summed E-state index contributed by atoms with van der Waals surface area (Å²) in [6.07, 6.45) is 1.85. The van der Waals surface area contributed by atoms with E-state index in [4.69, 9.17) is 9.47 Å². The van der Waals surface area contributed by atoms with Gasteiger partial charge in [-0.1, -0.05) is 6.07 Å². The monoisotopic (exact) mass is 357 g/mol. The Bertz CT molecular complexity index is 832. The first-order valence-electron chi connectivity index (χ1n) is 8.11. The van der Waals surface area contributed by atoms with E-state index in [-0.39, 0.29) is 13.4 Å². The molecule has 7 heteroatoms. The zero-order valence-electron chi connectivity index (χ0n) is 13.6. The van der Waals surface area contributed by atoms with Crippen LogP contribution < -0.4 is 9.47 Å². The van der Waals surface area contributed by atoms with Crippen LogP contribution in [0.1, 0.15) is 10.4 Å². The van der Waals surface area contributed by atoms with Crippen molar-refractivity contribution in [2.45, 2.75) is 13.1 Å². The van der Waals surface area contributed by atoms with Gasteiger partial charge in [0.15, 0.2) is 11.5 Å². The Morgan fingerprint density at radius 1 is 1.20 bits per heavy atom. The zero-order valence-corrected chi connectivity index (χ0v) is 14.5. The summed E-state index contributed by atoms with van der Waals surface area (Å²) in [4.78, 5) is 3.49. The van der Waals surface area contributed by atoms with Crippen LogP contribution in [0.2, 0.25) is 0 Å². The normalized spacial score (nSPS) is 12.9. The summed E-state index contributed by atoms with van der Waals surface area (Å²) in [7, 11) is 0. The van der Waals surface area contributed by atoms with Crippen LogP contribution in [-0.4, -0.2) is 40.1 Å². The molecule has 0 radical (unpaired) electrons. The van der Waals surface area contributed by atoms with Crippen LogP contribution in [-0.2, 0) is 13.1 Å². The summed E-state index contributed by atoms with van der Waals surface area (Å²) in [6, 6.07) is 10.0. The second-order valence-electron chi connectivity index (χ2n) is 5.85. The lowest BCUT2D eigenvalue weighted by Crippen LogP contribution is -2.25. The highest BCUT2D eigenvalue weighted by Gasteiger charge is 2.17. The van der Waals surface area contributed by atoms with Crippen molar-refractivity contribution in [3.63, 3.8) is 0 Å². The fourth-order valence-corrected chi connectivity index (χ4v) is 3.70. The number of aliphatic hydroxyl groups is 1. The molecule has 1 aliphatic rings. The second-order valence-corrected chi connectivity index (χ2v) is 6.88. The number of aliphatic hydroxyl groups excluding tert-OH is 1. The molecule has 0 aliphatic carbocycles. The lowest BCUT2D eigenvalue weighted by molar-refractivity contribution is 0.174. The molecular weight excluding hydrogens is 338 g/mol. The Kier molecular flexibility index (Phi) is 4.69. The molecule has 25 heavy (non-hydrogen) atoms. The molecule has 0 unspecified atom stereocenters. The summed E-state index contributed by atoms with van der Waals surface area (Å²) < 4.78 is 10.8. The van der Waals surface area contributed by atoms with Gasteiger partial charge >= 0.3 is 0 Å². The average Bonchev–Trinajstić information content (AvgIpc) is 3.36. The van der Waals surface area contributed by atoms with Crippen molar-refractivity contribution in [3.8, 4) is 22.8 Å². The number of nitrogens with zero attached hydrogens (tertiary/aromatic N) is 2. The SMILES string of the molecule is OCCN(Cc1cccs1)Cc1cn[nH]c1-c1ccc2c(c1)OCO2. The van der Waals surface area contributed by atoms with Crippen LogP contribution in [0.3, 0.4) is 0 Å². The van der Waals surface area contributed by atoms with Gasteiger partial charge in [-0.05, 0) is 29.6 Å². The van der Waals surface area contributed by atoms with Gasteiger partial charge in [0.05, 0.1) is 18.5 Å². The Hall–Kier alpha value is -2.35. The number of fused-ring (bicyclic) bond motifs is 1. The van der Waals surface area contributed by atoms with Crippen molar-refractivity contribution >= 4 is 11.3 Å². The maximum atomic E-state index is 9.39. The topological polar surface area (TPSA) is 70.6 Å². The highest BCUT2D eigenvalue weighted by molar-refractivity contribution is 7.09. The Morgan fingerprint density at radius 2 is 2.12 bits per heavy atom. The minimum Gasteiger partial charge on any atom is -0.454 e. The van der Waals surface area contributed by atoms with Gasteiger partial charge in [-0.2, -0.15) is 5.10 Å². The number of ether oxygens (including phenoxy) is 2. The van der Waals surface area contributed by atoms with E-state index >= 15 is 0 Å². The molecule has 1 aliphatic heterocycles. The first-order valence-corrected chi connectivity index (χ1v) is 8.99. The number of rotatable bonds is 7. The van der Waals surface area contributed by atoms with E-state index in [1.807, 2.05) is 30.5 Å². The number of hydrogen-bond donors (Lipinski definition) is 2. The number of benzene rings is 1. The third-order valence-electron chi connectivity index (χ3n) is 4.15. The van der Waals surface area contributed by atoms with Crippen LogP contribution in [0.15, 0.2) is 41.9 Å². The Balaban J connectivity index is 1.55. The predicted molar refractivity (Wildman–Crippen MR) is 95.7 cm³/mol. The minimum atomic E-state index is 0.128. The first kappa shape index (κ1) is 16.1. The first-order chi connectivity index (χ1) is 12.3. The van der Waals surface area contributed by atoms with Gasteiger partial charge < -0.3 is 14.6 Å². The molecule has 4 rings (SSSR count). The van der Waals surface area contributed by atoms with E-state index in [0.717, 1.165) is 34.9 Å². The summed E-state index contributed by atoms with van der Waals surface area (Å²) >= 11 is 1.73. The molecule has 0 saturated heterocycles. The van der Waals surface area contributed by atoms with Crippen molar-refractivity contribution in [2.75, 3.05) is 19.9 Å². The van der Waals surface area contributed by atoms with E-state index in [1.54, 1.807) is 11.3 Å². The van der Waals surface area contributed by atoms with Crippen LogP contribution in [0.25, 0.3) is 11.3 Å². The smallest absolute Gasteiger partial charge is 0.231 e. The third-order valence-corrected chi connectivity index (χ3v) is 5.01. The summed E-state index contributed by atoms with van der Waals surface area (Å²) in [5, 5.41) is 18.8. The van der Waals surface area contributed by atoms with Gasteiger partial charge in [-0.25, -0.2) is 0 Å². The summed E-state index contributed by atoms with van der Waals surface area (Å²) in [5.74, 6) is 1.52. The molecule has 0 fully saturated rings. The van der Waals surface area contributed by atoms with Crippen LogP contribution in [0.4, 0.5) is 0 Å². The number of nitrogens with one attached hydrogen (secondary N) is 1. The number of aromatic nitrogens is 2. The zero-order chi connectivity index (χ0) is 17.1. The fourth-order valence-electron chi connectivity index (χ4n) is 2.95. The van der Waals surface area contributed by atoms with Gasteiger partial charge in [0.1, 0.15) is 0 Å². The molecule has 1 aromatic carbocycles. The highest BCUT2D eigenvalue weighted by atomic mass is 32.1. The molecule has 0 atom stereocenters. The van der Waals surface area contributed by atoms with E-state index in [0.29, 0.717) is 13.1 Å². The van der Waals surface area contributed by atoms with Crippen molar-refractivity contribution in [2.24, 2.45) is 0 Å². The summed E-state index contributed by atoms with van der Waals surface area (Å²) in [5.41, 5.74) is 3.06. The lowest BCUT2D eigenvalue weighted by Gasteiger charge is -2.20. The van der Waals surface area contributed by atoms with Gasteiger partial charge in [0.25, 0.3) is 0 Å². The van der Waals surface area contributed by atoms with Gasteiger partial charge in [0.2, 0.25) is 6.79 Å². The molecule has 3 aromatic rings. The number of hydrogen-bond acceptors (Lipinski definition) is 6. The number of aromatic amines is 1. The molecule has 0 bridgehead atoms. The Labute approximate surface area is 149 Å². The molecule has 0 spiro atoms. The highest BCUT2D eigenvalue weighted by Crippen LogP contribution is 2.36. The van der Waals surface area contributed by atoms with E-state index in [2.05, 4.69) is 26.5 Å². The maximum absolute atomic E-state index is 9.39. The van der Waals surface area contributed by atoms with Crippen molar-refractivity contribution < 1.29 is 14.6 Å². The van der Waals surface area contributed by atoms with Gasteiger partial charge in [-0.3, -0.25) is 10.00 Å². The van der Waals surface area contributed by atoms with E-state index < -0.39 is 0 Å². The van der Waals surface area contributed by atoms with Crippen LogP contribution >= 0.6 is 11.3 Å². The largest absolute Gasteiger partial charge is 0.454 e. The van der Waals surface area contributed by atoms with E-state index in [1.165, 1.54) is 4.88 Å². The van der Waals surface area contributed by atoms with Crippen LogP contribution in [0, 0.1) is 0 Å². The predicted octanol–water partition coefficient (Wildman–Crippen LogP) is 2.86. The summed E-state index contributed by atoms with van der Waals surface area (Å²) in [6.45, 7) is 2.52.